The summed E-state index contributed by atoms with van der Waals surface area (Å²) < 4.78 is 27.8. The minimum absolute atomic E-state index is 0.341. The molecule has 4 rings (SSSR count). The van der Waals surface area contributed by atoms with Crippen molar-refractivity contribution in [3.8, 4) is 10.6 Å². The second-order valence-corrected chi connectivity index (χ2v) is 10.2. The summed E-state index contributed by atoms with van der Waals surface area (Å²) in [4.78, 5) is 18.6. The van der Waals surface area contributed by atoms with E-state index in [1.54, 1.807) is 16.5 Å². The Hall–Kier alpha value is -3.17. The van der Waals surface area contributed by atoms with Crippen LogP contribution in [0.1, 0.15) is 11.1 Å². The molecule has 1 N–H and O–H groups in total. The summed E-state index contributed by atoms with van der Waals surface area (Å²) in [5, 5.41) is 4.84. The van der Waals surface area contributed by atoms with Crippen molar-refractivity contribution in [3.63, 3.8) is 0 Å². The molecule has 7 nitrogen and oxygen atoms in total. The molecular formula is C22H22N4O3S2. The number of sulfonamides is 1. The number of carbonyl (C=O) groups excluding carboxylic acids is 1. The van der Waals surface area contributed by atoms with Gasteiger partial charge in [-0.3, -0.25) is 13.5 Å². The van der Waals surface area contributed by atoms with Crippen LogP contribution in [0, 0.1) is 13.8 Å². The van der Waals surface area contributed by atoms with E-state index in [-0.39, 0.29) is 6.54 Å². The largest absolute Gasteiger partial charge is 0.308 e. The van der Waals surface area contributed by atoms with Crippen LogP contribution in [0.15, 0.2) is 60.1 Å². The van der Waals surface area contributed by atoms with E-state index in [1.807, 2.05) is 61.8 Å². The van der Waals surface area contributed by atoms with Crippen LogP contribution in [0.3, 0.4) is 0 Å². The highest BCUT2D eigenvalue weighted by atomic mass is 32.2. The number of imidazole rings is 1. The minimum Gasteiger partial charge on any atom is -0.308 e. The van der Waals surface area contributed by atoms with E-state index in [9.17, 15) is 13.2 Å². The van der Waals surface area contributed by atoms with Gasteiger partial charge in [-0.2, -0.15) is 0 Å². The van der Waals surface area contributed by atoms with Crippen molar-refractivity contribution in [2.75, 3.05) is 22.4 Å². The van der Waals surface area contributed by atoms with Gasteiger partial charge in [-0.15, -0.1) is 11.3 Å². The Bertz CT molecular complexity index is 1360. The number of benzene rings is 1. The fourth-order valence-corrected chi connectivity index (χ4v) is 5.01. The van der Waals surface area contributed by atoms with Gasteiger partial charge in [0.05, 0.1) is 16.8 Å². The summed E-state index contributed by atoms with van der Waals surface area (Å²) in [7, 11) is -3.66. The van der Waals surface area contributed by atoms with Gasteiger partial charge in [0.2, 0.25) is 15.9 Å². The van der Waals surface area contributed by atoms with Crippen molar-refractivity contribution in [2.24, 2.45) is 0 Å². The van der Waals surface area contributed by atoms with Gasteiger partial charge >= 0.3 is 0 Å². The van der Waals surface area contributed by atoms with Gasteiger partial charge in [0.1, 0.15) is 23.7 Å². The molecule has 9 heteroatoms. The third-order valence-electron chi connectivity index (χ3n) is 4.87. The maximum atomic E-state index is 13.0. The molecule has 0 unspecified atom stereocenters. The third-order valence-corrected chi connectivity index (χ3v) is 6.87. The number of anilines is 2. The summed E-state index contributed by atoms with van der Waals surface area (Å²) in [6, 6.07) is 14.8. The molecule has 1 amide bonds. The highest BCUT2D eigenvalue weighted by Gasteiger charge is 2.24. The van der Waals surface area contributed by atoms with Gasteiger partial charge < -0.3 is 5.32 Å². The lowest BCUT2D eigenvalue weighted by atomic mass is 10.2. The van der Waals surface area contributed by atoms with Crippen molar-refractivity contribution in [2.45, 2.75) is 13.8 Å². The standard InChI is InChI=1S/C22H22N4O3S2/c1-15-10-11-25-19(13-15)23-21(18-9-6-12-30-18)22(25)24-20(27)14-26(31(3,28)29)17-8-5-4-7-16(17)2/h4-13H,14H2,1-3H3,(H,24,27). The number of aromatic nitrogens is 2. The molecule has 0 atom stereocenters. The molecule has 0 fully saturated rings. The predicted octanol–water partition coefficient (Wildman–Crippen LogP) is 4.08. The lowest BCUT2D eigenvalue weighted by Crippen LogP contribution is -2.38. The molecule has 0 aliphatic rings. The van der Waals surface area contributed by atoms with E-state index in [2.05, 4.69) is 5.32 Å². The zero-order valence-electron chi connectivity index (χ0n) is 17.4. The lowest BCUT2D eigenvalue weighted by Gasteiger charge is -2.23. The zero-order valence-corrected chi connectivity index (χ0v) is 19.0. The molecule has 0 saturated carbocycles. The quantitative estimate of drug-likeness (QED) is 0.476. The van der Waals surface area contributed by atoms with Crippen molar-refractivity contribution in [3.05, 3.63) is 71.2 Å². The number of rotatable bonds is 6. The topological polar surface area (TPSA) is 83.8 Å². The molecule has 0 spiro atoms. The molecule has 1 aromatic carbocycles. The van der Waals surface area contributed by atoms with Crippen molar-refractivity contribution < 1.29 is 13.2 Å². The number of fused-ring (bicyclic) bond motifs is 1. The van der Waals surface area contributed by atoms with Crippen LogP contribution < -0.4 is 9.62 Å². The van der Waals surface area contributed by atoms with E-state index < -0.39 is 15.9 Å². The van der Waals surface area contributed by atoms with Crippen LogP contribution in [0.4, 0.5) is 11.5 Å². The Labute approximate surface area is 185 Å². The number of aryl methyl sites for hydroxylation is 2. The fourth-order valence-electron chi connectivity index (χ4n) is 3.38. The van der Waals surface area contributed by atoms with Crippen molar-refractivity contribution >= 4 is 44.4 Å². The van der Waals surface area contributed by atoms with Gasteiger partial charge in [-0.05, 0) is 54.6 Å². The van der Waals surface area contributed by atoms with Crippen LogP contribution in [0.2, 0.25) is 0 Å². The SMILES string of the molecule is Cc1ccn2c(NC(=O)CN(c3ccccc3C)S(C)(=O)=O)c(-c3cccs3)nc2c1. The summed E-state index contributed by atoms with van der Waals surface area (Å²) in [6.45, 7) is 3.45. The maximum Gasteiger partial charge on any atom is 0.246 e. The van der Waals surface area contributed by atoms with Gasteiger partial charge in [0.15, 0.2) is 0 Å². The van der Waals surface area contributed by atoms with Gasteiger partial charge in [-0.1, -0.05) is 24.3 Å². The van der Waals surface area contributed by atoms with Crippen LogP contribution in [-0.2, 0) is 14.8 Å². The Morgan fingerprint density at radius 3 is 2.61 bits per heavy atom. The van der Waals surface area contributed by atoms with E-state index in [1.165, 1.54) is 11.3 Å². The number of nitrogens with one attached hydrogen (secondary N) is 1. The highest BCUT2D eigenvalue weighted by Crippen LogP contribution is 2.32. The molecule has 4 aromatic rings. The van der Waals surface area contributed by atoms with E-state index in [0.717, 1.165) is 26.6 Å². The molecule has 0 aliphatic heterocycles. The molecule has 0 saturated heterocycles. The molecular weight excluding hydrogens is 432 g/mol. The summed E-state index contributed by atoms with van der Waals surface area (Å²) in [5.41, 5.74) is 3.65. The third kappa shape index (κ3) is 4.33. The predicted molar refractivity (Wildman–Crippen MR) is 125 cm³/mol. The highest BCUT2D eigenvalue weighted by molar-refractivity contribution is 7.92. The van der Waals surface area contributed by atoms with Crippen LogP contribution in [0.25, 0.3) is 16.2 Å². The summed E-state index contributed by atoms with van der Waals surface area (Å²) >= 11 is 1.52. The molecule has 0 bridgehead atoms. The first kappa shape index (κ1) is 21.1. The maximum absolute atomic E-state index is 13.0. The number of thiophene rings is 1. The average molecular weight is 455 g/mol. The number of carbonyl (C=O) groups is 1. The van der Waals surface area contributed by atoms with Crippen molar-refractivity contribution in [1.82, 2.24) is 9.38 Å². The van der Waals surface area contributed by atoms with E-state index in [0.29, 0.717) is 22.8 Å². The normalized spacial score (nSPS) is 11.6. The first-order valence-electron chi connectivity index (χ1n) is 9.60. The Kier molecular flexibility index (Phi) is 5.55. The number of nitrogens with zero attached hydrogens (tertiary/aromatic N) is 3. The van der Waals surface area contributed by atoms with Crippen molar-refractivity contribution in [1.29, 1.82) is 0 Å². The second-order valence-electron chi connectivity index (χ2n) is 7.32. The molecule has 0 radical (unpaired) electrons. The van der Waals surface area contributed by atoms with Gasteiger partial charge in [-0.25, -0.2) is 13.4 Å². The molecule has 3 aromatic heterocycles. The average Bonchev–Trinajstić information content (AvgIpc) is 3.34. The monoisotopic (exact) mass is 454 g/mol. The number of pyridine rings is 1. The van der Waals surface area contributed by atoms with Crippen LogP contribution in [-0.4, -0.2) is 36.5 Å². The first-order chi connectivity index (χ1) is 14.7. The fraction of sp³-hybridized carbons (Fsp3) is 0.182. The first-order valence-corrected chi connectivity index (χ1v) is 12.3. The van der Waals surface area contributed by atoms with Crippen LogP contribution in [0.5, 0.6) is 0 Å². The van der Waals surface area contributed by atoms with E-state index >= 15 is 0 Å². The van der Waals surface area contributed by atoms with E-state index in [4.69, 9.17) is 4.98 Å². The number of para-hydroxylation sites is 1. The number of hydrogen-bond donors (Lipinski definition) is 1. The Morgan fingerprint density at radius 1 is 1.16 bits per heavy atom. The van der Waals surface area contributed by atoms with Gasteiger partial charge in [0.25, 0.3) is 0 Å². The molecule has 31 heavy (non-hydrogen) atoms. The van der Waals surface area contributed by atoms with Gasteiger partial charge in [0, 0.05) is 6.20 Å². The lowest BCUT2D eigenvalue weighted by molar-refractivity contribution is -0.114. The summed E-state index contributed by atoms with van der Waals surface area (Å²) in [6.07, 6.45) is 2.95. The Balaban J connectivity index is 1.71. The Morgan fingerprint density at radius 2 is 1.94 bits per heavy atom. The minimum atomic E-state index is -3.66. The number of hydrogen-bond acceptors (Lipinski definition) is 5. The number of amides is 1. The summed E-state index contributed by atoms with van der Waals surface area (Å²) in [5.74, 6) is 0.0644. The van der Waals surface area contributed by atoms with Crippen LogP contribution >= 0.6 is 11.3 Å². The molecule has 0 aliphatic carbocycles. The molecule has 3 heterocycles. The second kappa shape index (κ2) is 8.16. The molecule has 160 valence electrons. The zero-order chi connectivity index (χ0) is 22.2. The smallest absolute Gasteiger partial charge is 0.246 e.